The SMILES string of the molecule is O=C(NC1CC=CCC1)c1ccc(Br)cn1. The maximum absolute atomic E-state index is 11.8. The fraction of sp³-hybridized carbons (Fsp3) is 0.333. The molecule has 16 heavy (non-hydrogen) atoms. The Bertz CT molecular complexity index is 400. The highest BCUT2D eigenvalue weighted by Crippen LogP contribution is 2.12. The largest absolute Gasteiger partial charge is 0.348 e. The molecule has 1 amide bonds. The highest BCUT2D eigenvalue weighted by atomic mass is 79.9. The maximum atomic E-state index is 11.8. The Hall–Kier alpha value is -1.16. The van der Waals surface area contributed by atoms with E-state index in [0.717, 1.165) is 23.7 Å². The fourth-order valence-electron chi connectivity index (χ4n) is 1.69. The number of allylic oxidation sites excluding steroid dienone is 1. The van der Waals surface area contributed by atoms with Crippen molar-refractivity contribution in [2.75, 3.05) is 0 Å². The van der Waals surface area contributed by atoms with E-state index in [4.69, 9.17) is 0 Å². The van der Waals surface area contributed by atoms with E-state index in [1.165, 1.54) is 0 Å². The Kier molecular flexibility index (Phi) is 3.72. The number of carbonyl (C=O) groups excluding carboxylic acids is 1. The molecule has 4 heteroatoms. The Balaban J connectivity index is 1.97. The monoisotopic (exact) mass is 280 g/mol. The van der Waals surface area contributed by atoms with E-state index >= 15 is 0 Å². The molecule has 1 atom stereocenters. The van der Waals surface area contributed by atoms with Crippen LogP contribution in [-0.2, 0) is 0 Å². The first-order valence-electron chi connectivity index (χ1n) is 5.33. The third-order valence-electron chi connectivity index (χ3n) is 2.56. The number of nitrogens with one attached hydrogen (secondary N) is 1. The van der Waals surface area contributed by atoms with Crippen molar-refractivity contribution in [2.45, 2.75) is 25.3 Å². The van der Waals surface area contributed by atoms with Crippen LogP contribution >= 0.6 is 15.9 Å². The summed E-state index contributed by atoms with van der Waals surface area (Å²) < 4.78 is 0.879. The van der Waals surface area contributed by atoms with E-state index < -0.39 is 0 Å². The summed E-state index contributed by atoms with van der Waals surface area (Å²) in [5, 5.41) is 2.99. The zero-order valence-corrected chi connectivity index (χ0v) is 10.4. The molecule has 1 aliphatic rings. The Morgan fingerprint density at radius 3 is 2.94 bits per heavy atom. The van der Waals surface area contributed by atoms with Gasteiger partial charge in [-0.15, -0.1) is 0 Å². The van der Waals surface area contributed by atoms with Crippen LogP contribution in [0.3, 0.4) is 0 Å². The molecule has 1 aromatic rings. The number of nitrogens with zero attached hydrogens (tertiary/aromatic N) is 1. The summed E-state index contributed by atoms with van der Waals surface area (Å²) in [5.74, 6) is -0.0900. The molecule has 1 heterocycles. The molecule has 0 radical (unpaired) electrons. The van der Waals surface area contributed by atoms with E-state index in [-0.39, 0.29) is 11.9 Å². The molecular formula is C12H13BrN2O. The van der Waals surface area contributed by atoms with Gasteiger partial charge in [0.15, 0.2) is 0 Å². The van der Waals surface area contributed by atoms with Crippen LogP contribution in [0.5, 0.6) is 0 Å². The molecule has 0 saturated carbocycles. The Morgan fingerprint density at radius 2 is 2.31 bits per heavy atom. The number of aromatic nitrogens is 1. The minimum absolute atomic E-state index is 0.0900. The van der Waals surface area contributed by atoms with E-state index in [1.54, 1.807) is 12.3 Å². The van der Waals surface area contributed by atoms with Crippen molar-refractivity contribution in [1.29, 1.82) is 0 Å². The van der Waals surface area contributed by atoms with Gasteiger partial charge in [0.2, 0.25) is 0 Å². The first-order chi connectivity index (χ1) is 7.75. The lowest BCUT2D eigenvalue weighted by Crippen LogP contribution is -2.35. The molecular weight excluding hydrogens is 268 g/mol. The summed E-state index contributed by atoms with van der Waals surface area (Å²) >= 11 is 3.29. The molecule has 3 nitrogen and oxygen atoms in total. The molecule has 1 N–H and O–H groups in total. The third-order valence-corrected chi connectivity index (χ3v) is 3.03. The standard InChI is InChI=1S/C12H13BrN2O/c13-9-6-7-11(14-8-9)12(16)15-10-4-2-1-3-5-10/h1-2,6-8,10H,3-5H2,(H,15,16). The predicted molar refractivity (Wildman–Crippen MR) is 66.2 cm³/mol. The lowest BCUT2D eigenvalue weighted by atomic mass is 10.0. The molecule has 84 valence electrons. The number of hydrogen-bond donors (Lipinski definition) is 1. The van der Waals surface area contributed by atoms with Crippen LogP contribution < -0.4 is 5.32 Å². The smallest absolute Gasteiger partial charge is 0.270 e. The highest BCUT2D eigenvalue weighted by Gasteiger charge is 2.14. The van der Waals surface area contributed by atoms with Gasteiger partial charge in [0, 0.05) is 16.7 Å². The lowest BCUT2D eigenvalue weighted by Gasteiger charge is -2.18. The first-order valence-corrected chi connectivity index (χ1v) is 6.12. The zero-order valence-electron chi connectivity index (χ0n) is 8.82. The molecule has 2 rings (SSSR count). The van der Waals surface area contributed by atoms with Gasteiger partial charge in [-0.1, -0.05) is 12.2 Å². The number of carbonyl (C=O) groups is 1. The van der Waals surface area contributed by atoms with Crippen molar-refractivity contribution in [3.8, 4) is 0 Å². The molecule has 0 fully saturated rings. The van der Waals surface area contributed by atoms with Crippen LogP contribution in [0.15, 0.2) is 35.0 Å². The van der Waals surface area contributed by atoms with Crippen molar-refractivity contribution in [3.05, 3.63) is 40.6 Å². The van der Waals surface area contributed by atoms with Gasteiger partial charge >= 0.3 is 0 Å². The third kappa shape index (κ3) is 2.92. The second-order valence-electron chi connectivity index (χ2n) is 3.82. The van der Waals surface area contributed by atoms with Gasteiger partial charge in [-0.05, 0) is 47.3 Å². The van der Waals surface area contributed by atoms with Gasteiger partial charge in [0.1, 0.15) is 5.69 Å². The van der Waals surface area contributed by atoms with Gasteiger partial charge in [-0.2, -0.15) is 0 Å². The van der Waals surface area contributed by atoms with Crippen LogP contribution in [-0.4, -0.2) is 16.9 Å². The van der Waals surface area contributed by atoms with Gasteiger partial charge in [-0.3, -0.25) is 4.79 Å². The van der Waals surface area contributed by atoms with Crippen molar-refractivity contribution in [1.82, 2.24) is 10.3 Å². The second-order valence-corrected chi connectivity index (χ2v) is 4.73. The predicted octanol–water partition coefficient (Wildman–Crippen LogP) is 2.68. The lowest BCUT2D eigenvalue weighted by molar-refractivity contribution is 0.0929. The van der Waals surface area contributed by atoms with Crippen LogP contribution in [0.4, 0.5) is 0 Å². The molecule has 0 aromatic carbocycles. The second kappa shape index (κ2) is 5.25. The number of hydrogen-bond acceptors (Lipinski definition) is 2. The van der Waals surface area contributed by atoms with E-state index in [9.17, 15) is 4.79 Å². The van der Waals surface area contributed by atoms with Crippen molar-refractivity contribution >= 4 is 21.8 Å². The van der Waals surface area contributed by atoms with Gasteiger partial charge < -0.3 is 5.32 Å². The summed E-state index contributed by atoms with van der Waals surface area (Å²) in [6.07, 6.45) is 8.87. The molecule has 1 aliphatic carbocycles. The molecule has 0 saturated heterocycles. The molecule has 0 spiro atoms. The van der Waals surface area contributed by atoms with Crippen LogP contribution in [0, 0.1) is 0 Å². The normalized spacial score (nSPS) is 19.4. The summed E-state index contributed by atoms with van der Waals surface area (Å²) in [4.78, 5) is 15.9. The molecule has 0 aliphatic heterocycles. The van der Waals surface area contributed by atoms with Crippen LogP contribution in [0.1, 0.15) is 29.8 Å². The molecule has 1 unspecified atom stereocenters. The van der Waals surface area contributed by atoms with Crippen molar-refractivity contribution in [3.63, 3.8) is 0 Å². The average molecular weight is 281 g/mol. The average Bonchev–Trinajstić information content (AvgIpc) is 2.31. The van der Waals surface area contributed by atoms with Gasteiger partial charge in [0.05, 0.1) is 0 Å². The van der Waals surface area contributed by atoms with Crippen molar-refractivity contribution in [2.24, 2.45) is 0 Å². The minimum atomic E-state index is -0.0900. The van der Waals surface area contributed by atoms with E-state index in [1.807, 2.05) is 6.07 Å². The highest BCUT2D eigenvalue weighted by molar-refractivity contribution is 9.10. The number of amides is 1. The quantitative estimate of drug-likeness (QED) is 0.847. The first kappa shape index (κ1) is 11.3. The van der Waals surface area contributed by atoms with Gasteiger partial charge in [-0.25, -0.2) is 4.98 Å². The number of rotatable bonds is 2. The number of halogens is 1. The molecule has 1 aromatic heterocycles. The topological polar surface area (TPSA) is 42.0 Å². The summed E-state index contributed by atoms with van der Waals surface area (Å²) in [6, 6.07) is 3.80. The van der Waals surface area contributed by atoms with E-state index in [0.29, 0.717) is 5.69 Å². The summed E-state index contributed by atoms with van der Waals surface area (Å²) in [7, 11) is 0. The molecule has 0 bridgehead atoms. The van der Waals surface area contributed by atoms with Gasteiger partial charge in [0.25, 0.3) is 5.91 Å². The van der Waals surface area contributed by atoms with Crippen molar-refractivity contribution < 1.29 is 4.79 Å². The maximum Gasteiger partial charge on any atom is 0.270 e. The summed E-state index contributed by atoms with van der Waals surface area (Å²) in [5.41, 5.74) is 0.470. The Morgan fingerprint density at radius 1 is 1.44 bits per heavy atom. The Labute approximate surface area is 103 Å². The zero-order chi connectivity index (χ0) is 11.4. The van der Waals surface area contributed by atoms with Crippen LogP contribution in [0.2, 0.25) is 0 Å². The fourth-order valence-corrected chi connectivity index (χ4v) is 1.93. The minimum Gasteiger partial charge on any atom is -0.348 e. The summed E-state index contributed by atoms with van der Waals surface area (Å²) in [6.45, 7) is 0. The number of pyridine rings is 1. The van der Waals surface area contributed by atoms with E-state index in [2.05, 4.69) is 38.4 Å². The van der Waals surface area contributed by atoms with Crippen LogP contribution in [0.25, 0.3) is 0 Å².